The second-order valence-electron chi connectivity index (χ2n) is 2.35. The van der Waals surface area contributed by atoms with Gasteiger partial charge in [0.15, 0.2) is 6.29 Å². The van der Waals surface area contributed by atoms with Crippen LogP contribution in [0.25, 0.3) is 0 Å². The minimum absolute atomic E-state index is 0.0801. The average Bonchev–Trinajstić information content (AvgIpc) is 2.14. The molecule has 0 amide bonds. The first-order chi connectivity index (χ1) is 6.66. The zero-order valence-corrected chi connectivity index (χ0v) is 7.71. The van der Waals surface area contributed by atoms with Gasteiger partial charge in [0.1, 0.15) is 0 Å². The SMILES string of the molecule is O=CC#Cc1cccc(Cl)c1C(=O)O. The maximum Gasteiger partial charge on any atom is 0.338 e. The lowest BCUT2D eigenvalue weighted by Gasteiger charge is -2.00. The van der Waals surface area contributed by atoms with Crippen molar-refractivity contribution < 1.29 is 14.7 Å². The van der Waals surface area contributed by atoms with Crippen molar-refractivity contribution in [2.45, 2.75) is 0 Å². The molecule has 0 saturated carbocycles. The molecule has 1 N–H and O–H groups in total. The number of carboxylic acids is 1. The van der Waals surface area contributed by atoms with E-state index in [0.717, 1.165) is 0 Å². The third-order valence-electron chi connectivity index (χ3n) is 1.49. The summed E-state index contributed by atoms with van der Waals surface area (Å²) in [6.45, 7) is 0. The highest BCUT2D eigenvalue weighted by Crippen LogP contribution is 2.19. The van der Waals surface area contributed by atoms with Crippen molar-refractivity contribution >= 4 is 23.9 Å². The first kappa shape index (κ1) is 10.3. The van der Waals surface area contributed by atoms with Crippen molar-refractivity contribution in [3.8, 4) is 11.8 Å². The molecule has 1 rings (SSSR count). The lowest BCUT2D eigenvalue weighted by Crippen LogP contribution is -2.00. The largest absolute Gasteiger partial charge is 0.478 e. The normalized spacial score (nSPS) is 8.64. The summed E-state index contributed by atoms with van der Waals surface area (Å²) in [5.74, 6) is 3.37. The predicted octanol–water partition coefficient (Wildman–Crippen LogP) is 1.59. The molecule has 0 aliphatic rings. The van der Waals surface area contributed by atoms with Crippen LogP contribution in [0.3, 0.4) is 0 Å². The van der Waals surface area contributed by atoms with Crippen LogP contribution in [0.4, 0.5) is 0 Å². The number of carboxylic acid groups (broad SMARTS) is 1. The van der Waals surface area contributed by atoms with Crippen LogP contribution in [-0.4, -0.2) is 17.4 Å². The molecule has 0 spiro atoms. The number of hydrogen-bond acceptors (Lipinski definition) is 2. The fourth-order valence-electron chi connectivity index (χ4n) is 0.953. The Bertz CT molecular complexity index is 440. The molecule has 70 valence electrons. The summed E-state index contributed by atoms with van der Waals surface area (Å²) < 4.78 is 0. The van der Waals surface area contributed by atoms with Gasteiger partial charge < -0.3 is 5.11 Å². The molecule has 0 aliphatic carbocycles. The van der Waals surface area contributed by atoms with E-state index in [-0.39, 0.29) is 16.1 Å². The van der Waals surface area contributed by atoms with Gasteiger partial charge in [-0.25, -0.2) is 4.79 Å². The standard InChI is InChI=1S/C10H5ClO3/c11-8-5-1-3-7(4-2-6-12)9(8)10(13)14/h1,3,5-6H,(H,13,14). The van der Waals surface area contributed by atoms with Crippen LogP contribution in [0, 0.1) is 11.8 Å². The summed E-state index contributed by atoms with van der Waals surface area (Å²) in [6.07, 6.45) is 0.395. The number of halogens is 1. The van der Waals surface area contributed by atoms with Gasteiger partial charge in [0.05, 0.1) is 10.6 Å². The minimum atomic E-state index is -1.16. The smallest absolute Gasteiger partial charge is 0.338 e. The lowest BCUT2D eigenvalue weighted by atomic mass is 10.1. The number of hydrogen-bond donors (Lipinski definition) is 1. The minimum Gasteiger partial charge on any atom is -0.478 e. The van der Waals surface area contributed by atoms with Gasteiger partial charge in [-0.15, -0.1) is 0 Å². The van der Waals surface area contributed by atoms with E-state index in [9.17, 15) is 9.59 Å². The zero-order chi connectivity index (χ0) is 10.6. The maximum atomic E-state index is 10.8. The van der Waals surface area contributed by atoms with Crippen LogP contribution in [0.1, 0.15) is 15.9 Å². The second kappa shape index (κ2) is 4.45. The predicted molar refractivity (Wildman–Crippen MR) is 51.4 cm³/mol. The van der Waals surface area contributed by atoms with Crippen molar-refractivity contribution in [1.29, 1.82) is 0 Å². The topological polar surface area (TPSA) is 54.4 Å². The number of benzene rings is 1. The fraction of sp³-hybridized carbons (Fsp3) is 0. The van der Waals surface area contributed by atoms with Crippen LogP contribution < -0.4 is 0 Å². The molecular weight excluding hydrogens is 204 g/mol. The lowest BCUT2D eigenvalue weighted by molar-refractivity contribution is -0.103. The molecule has 0 fully saturated rings. The first-order valence-electron chi connectivity index (χ1n) is 3.64. The van der Waals surface area contributed by atoms with Gasteiger partial charge >= 0.3 is 5.97 Å². The Balaban J connectivity index is 3.35. The Morgan fingerprint density at radius 3 is 2.79 bits per heavy atom. The number of rotatable bonds is 1. The van der Waals surface area contributed by atoms with Crippen molar-refractivity contribution in [1.82, 2.24) is 0 Å². The number of aromatic carboxylic acids is 1. The average molecular weight is 209 g/mol. The van der Waals surface area contributed by atoms with E-state index in [1.165, 1.54) is 12.1 Å². The summed E-state index contributed by atoms with van der Waals surface area (Å²) in [7, 11) is 0. The summed E-state index contributed by atoms with van der Waals surface area (Å²) in [4.78, 5) is 20.8. The first-order valence-corrected chi connectivity index (χ1v) is 4.01. The molecule has 0 bridgehead atoms. The molecule has 1 aromatic rings. The van der Waals surface area contributed by atoms with Crippen LogP contribution in [0.2, 0.25) is 5.02 Å². The summed E-state index contributed by atoms with van der Waals surface area (Å²) >= 11 is 5.67. The quantitative estimate of drug-likeness (QED) is 0.563. The molecule has 0 atom stereocenters. The Morgan fingerprint density at radius 2 is 2.21 bits per heavy atom. The molecule has 1 aromatic carbocycles. The number of aldehydes is 1. The highest BCUT2D eigenvalue weighted by molar-refractivity contribution is 6.33. The molecule has 3 nitrogen and oxygen atoms in total. The molecule has 0 aromatic heterocycles. The summed E-state index contributed by atoms with van der Waals surface area (Å²) in [5, 5.41) is 8.91. The number of carbonyl (C=O) groups excluding carboxylic acids is 1. The van der Waals surface area contributed by atoms with Crippen molar-refractivity contribution in [3.05, 3.63) is 34.3 Å². The highest BCUT2D eigenvalue weighted by Gasteiger charge is 2.12. The fourth-order valence-corrected chi connectivity index (χ4v) is 1.21. The van der Waals surface area contributed by atoms with Gasteiger partial charge in [0.2, 0.25) is 0 Å². The Morgan fingerprint density at radius 1 is 1.50 bits per heavy atom. The molecule has 0 unspecified atom stereocenters. The molecule has 4 heteroatoms. The molecule has 14 heavy (non-hydrogen) atoms. The van der Waals surface area contributed by atoms with Crippen LogP contribution in [0.15, 0.2) is 18.2 Å². The van der Waals surface area contributed by atoms with Gasteiger partial charge in [-0.1, -0.05) is 23.6 Å². The van der Waals surface area contributed by atoms with E-state index in [1.807, 2.05) is 0 Å². The highest BCUT2D eigenvalue weighted by atomic mass is 35.5. The Kier molecular flexibility index (Phi) is 3.27. The molecular formula is C10H5ClO3. The van der Waals surface area contributed by atoms with Gasteiger partial charge in [-0.05, 0) is 18.1 Å². The van der Waals surface area contributed by atoms with Crippen molar-refractivity contribution in [3.63, 3.8) is 0 Å². The van der Waals surface area contributed by atoms with E-state index < -0.39 is 5.97 Å². The van der Waals surface area contributed by atoms with Gasteiger partial charge in [0.25, 0.3) is 0 Å². The monoisotopic (exact) mass is 208 g/mol. The third-order valence-corrected chi connectivity index (χ3v) is 1.81. The molecule has 0 heterocycles. The van der Waals surface area contributed by atoms with Crippen molar-refractivity contribution in [2.24, 2.45) is 0 Å². The zero-order valence-electron chi connectivity index (χ0n) is 6.95. The van der Waals surface area contributed by atoms with E-state index in [1.54, 1.807) is 6.07 Å². The van der Waals surface area contributed by atoms with Crippen LogP contribution in [-0.2, 0) is 4.79 Å². The summed E-state index contributed by atoms with van der Waals surface area (Å²) in [5.41, 5.74) is 0.153. The van der Waals surface area contributed by atoms with Gasteiger partial charge in [0, 0.05) is 5.56 Å². The van der Waals surface area contributed by atoms with E-state index in [0.29, 0.717) is 6.29 Å². The summed E-state index contributed by atoms with van der Waals surface area (Å²) in [6, 6.07) is 4.52. The van der Waals surface area contributed by atoms with E-state index >= 15 is 0 Å². The van der Waals surface area contributed by atoms with Crippen LogP contribution >= 0.6 is 11.6 Å². The molecule has 0 radical (unpaired) electrons. The molecule has 0 aliphatic heterocycles. The maximum absolute atomic E-state index is 10.8. The van der Waals surface area contributed by atoms with Crippen LogP contribution in [0.5, 0.6) is 0 Å². The van der Waals surface area contributed by atoms with E-state index in [4.69, 9.17) is 16.7 Å². The second-order valence-corrected chi connectivity index (χ2v) is 2.76. The third kappa shape index (κ3) is 2.12. The van der Waals surface area contributed by atoms with Gasteiger partial charge in [-0.3, -0.25) is 4.79 Å². The van der Waals surface area contributed by atoms with Gasteiger partial charge in [-0.2, -0.15) is 0 Å². The van der Waals surface area contributed by atoms with Crippen molar-refractivity contribution in [2.75, 3.05) is 0 Å². The molecule has 0 saturated heterocycles. The number of carbonyl (C=O) groups is 2. The Labute approximate surface area is 85.3 Å². The van der Waals surface area contributed by atoms with E-state index in [2.05, 4.69) is 11.8 Å². The Hall–Kier alpha value is -1.79.